The zero-order chi connectivity index (χ0) is 23.2. The zero-order valence-corrected chi connectivity index (χ0v) is 19.9. The van der Waals surface area contributed by atoms with Gasteiger partial charge >= 0.3 is 0 Å². The molecule has 5 rings (SSSR count). The first-order valence-corrected chi connectivity index (χ1v) is 12.4. The molecule has 0 aromatic heterocycles. The summed E-state index contributed by atoms with van der Waals surface area (Å²) in [7, 11) is 2.23. The summed E-state index contributed by atoms with van der Waals surface area (Å²) < 4.78 is 40.7. The van der Waals surface area contributed by atoms with Crippen LogP contribution in [-0.4, -0.2) is 42.8 Å². The summed E-state index contributed by atoms with van der Waals surface area (Å²) in [6, 6.07) is 12.5. The molecule has 1 saturated heterocycles. The molecule has 0 N–H and O–H groups in total. The molecule has 2 aromatic carbocycles. The van der Waals surface area contributed by atoms with Gasteiger partial charge in [0.1, 0.15) is 17.4 Å². The largest absolute Gasteiger partial charge is 0.491 e. The lowest BCUT2D eigenvalue weighted by Crippen LogP contribution is -2.37. The average Bonchev–Trinajstić information content (AvgIpc) is 3.47. The van der Waals surface area contributed by atoms with Crippen molar-refractivity contribution < 1.29 is 18.3 Å². The Kier molecular flexibility index (Phi) is 6.21. The molecule has 0 radical (unpaired) electrons. The first-order valence-electron chi connectivity index (χ1n) is 12.4. The van der Waals surface area contributed by atoms with E-state index in [0.717, 1.165) is 42.7 Å². The van der Waals surface area contributed by atoms with Gasteiger partial charge < -0.3 is 14.4 Å². The minimum atomic E-state index is -0.307. The third kappa shape index (κ3) is 4.67. The van der Waals surface area contributed by atoms with E-state index in [-0.39, 0.29) is 35.2 Å². The Morgan fingerprint density at radius 3 is 2.48 bits per heavy atom. The van der Waals surface area contributed by atoms with Crippen LogP contribution in [0.5, 0.6) is 5.75 Å². The molecular weight excluding hydrogens is 420 g/mol. The topological polar surface area (TPSA) is 21.7 Å². The highest BCUT2D eigenvalue weighted by molar-refractivity contribution is 5.39. The van der Waals surface area contributed by atoms with Gasteiger partial charge in [0, 0.05) is 30.0 Å². The Hall–Kier alpha value is -1.98. The van der Waals surface area contributed by atoms with Crippen LogP contribution in [0.4, 0.5) is 8.78 Å². The quantitative estimate of drug-likeness (QED) is 0.490. The van der Waals surface area contributed by atoms with Crippen molar-refractivity contribution in [1.29, 1.82) is 0 Å². The number of benzene rings is 2. The maximum atomic E-state index is 14.2. The number of hydrogen-bond donors (Lipinski definition) is 0. The maximum absolute atomic E-state index is 14.2. The first kappa shape index (κ1) is 22.8. The Bertz CT molecular complexity index is 974. The normalized spacial score (nSPS) is 29.5. The van der Waals surface area contributed by atoms with Crippen LogP contribution in [0, 0.1) is 17.6 Å². The van der Waals surface area contributed by atoms with E-state index in [1.165, 1.54) is 18.9 Å². The fourth-order valence-corrected chi connectivity index (χ4v) is 6.25. The Morgan fingerprint density at radius 1 is 1.06 bits per heavy atom. The molecule has 5 heteroatoms. The van der Waals surface area contributed by atoms with Crippen LogP contribution in [-0.2, 0) is 4.74 Å². The van der Waals surface area contributed by atoms with Gasteiger partial charge in [-0.05, 0) is 94.8 Å². The Morgan fingerprint density at radius 2 is 1.79 bits per heavy atom. The van der Waals surface area contributed by atoms with Crippen molar-refractivity contribution in [2.24, 2.45) is 5.92 Å². The molecule has 2 aromatic rings. The summed E-state index contributed by atoms with van der Waals surface area (Å²) >= 11 is 0. The van der Waals surface area contributed by atoms with Gasteiger partial charge in [0.15, 0.2) is 0 Å². The molecule has 3 fully saturated rings. The smallest absolute Gasteiger partial charge is 0.123 e. The van der Waals surface area contributed by atoms with Gasteiger partial charge in [0.05, 0.1) is 18.3 Å². The van der Waals surface area contributed by atoms with Crippen LogP contribution in [0.2, 0.25) is 0 Å². The highest BCUT2D eigenvalue weighted by Gasteiger charge is 2.54. The molecule has 4 atom stereocenters. The summed E-state index contributed by atoms with van der Waals surface area (Å²) in [6.45, 7) is 5.56. The van der Waals surface area contributed by atoms with E-state index >= 15 is 0 Å². The van der Waals surface area contributed by atoms with E-state index in [1.807, 2.05) is 26.0 Å². The molecule has 0 bridgehead atoms. The molecule has 1 spiro atoms. The lowest BCUT2D eigenvalue weighted by molar-refractivity contribution is -0.0107. The van der Waals surface area contributed by atoms with Gasteiger partial charge in [-0.2, -0.15) is 0 Å². The molecule has 1 aliphatic heterocycles. The van der Waals surface area contributed by atoms with Crippen molar-refractivity contribution in [3.8, 4) is 5.75 Å². The van der Waals surface area contributed by atoms with E-state index in [4.69, 9.17) is 9.47 Å². The van der Waals surface area contributed by atoms with Gasteiger partial charge in [0.2, 0.25) is 0 Å². The average molecular weight is 456 g/mol. The molecule has 2 aliphatic carbocycles. The summed E-state index contributed by atoms with van der Waals surface area (Å²) in [5.74, 6) is 1.03. The molecule has 0 amide bonds. The minimum absolute atomic E-state index is 0.0197. The van der Waals surface area contributed by atoms with Crippen molar-refractivity contribution in [3.05, 3.63) is 65.2 Å². The van der Waals surface area contributed by atoms with Crippen LogP contribution in [0.1, 0.15) is 68.9 Å². The number of ether oxygens (including phenoxy) is 2. The highest BCUT2D eigenvalue weighted by atomic mass is 19.1. The van der Waals surface area contributed by atoms with Crippen molar-refractivity contribution in [2.45, 2.75) is 75.5 Å². The number of rotatable bonds is 7. The second kappa shape index (κ2) is 8.99. The Labute approximate surface area is 196 Å². The SMILES string of the molecule is CC(C)Oc1ccc(F)cc1[C@H]1CO[C@]2(CC[C@H](CN(C)C3CC3)[C@H]2c2ccc(F)cc2)C1. The second-order valence-corrected chi connectivity index (χ2v) is 10.6. The summed E-state index contributed by atoms with van der Waals surface area (Å²) in [6.07, 6.45) is 5.48. The maximum Gasteiger partial charge on any atom is 0.123 e. The highest BCUT2D eigenvalue weighted by Crippen LogP contribution is 2.57. The predicted octanol–water partition coefficient (Wildman–Crippen LogP) is 6.28. The predicted molar refractivity (Wildman–Crippen MR) is 126 cm³/mol. The number of halogens is 2. The zero-order valence-electron chi connectivity index (χ0n) is 19.9. The molecule has 2 saturated carbocycles. The second-order valence-electron chi connectivity index (χ2n) is 10.6. The van der Waals surface area contributed by atoms with Crippen LogP contribution in [0.25, 0.3) is 0 Å². The fraction of sp³-hybridized carbons (Fsp3) is 0.571. The van der Waals surface area contributed by atoms with E-state index in [9.17, 15) is 8.78 Å². The standard InChI is InChI=1S/C28H35F2NO2/c1-18(2)33-26-11-8-23(30)14-25(26)21-15-28(32-17-21)13-12-20(16-31(3)24-9-10-24)27(28)19-4-6-22(29)7-5-19/h4-8,11,14,18,20-21,24,27H,9-10,12-13,15-17H2,1-3H3/t20-,21-,27-,28-/m1/s1. The molecule has 3 nitrogen and oxygen atoms in total. The van der Waals surface area contributed by atoms with E-state index in [1.54, 1.807) is 24.3 Å². The van der Waals surface area contributed by atoms with E-state index in [2.05, 4.69) is 11.9 Å². The van der Waals surface area contributed by atoms with E-state index < -0.39 is 0 Å². The van der Waals surface area contributed by atoms with Crippen molar-refractivity contribution >= 4 is 0 Å². The summed E-state index contributed by atoms with van der Waals surface area (Å²) in [4.78, 5) is 2.49. The fourth-order valence-electron chi connectivity index (χ4n) is 6.25. The van der Waals surface area contributed by atoms with Crippen LogP contribution in [0.3, 0.4) is 0 Å². The molecule has 33 heavy (non-hydrogen) atoms. The summed E-state index contributed by atoms with van der Waals surface area (Å²) in [5, 5.41) is 0. The minimum Gasteiger partial charge on any atom is -0.491 e. The van der Waals surface area contributed by atoms with Crippen molar-refractivity contribution in [3.63, 3.8) is 0 Å². The lowest BCUT2D eigenvalue weighted by Gasteiger charge is -2.35. The van der Waals surface area contributed by atoms with Gasteiger partial charge in [-0.3, -0.25) is 0 Å². The monoisotopic (exact) mass is 455 g/mol. The van der Waals surface area contributed by atoms with Crippen LogP contribution < -0.4 is 4.74 Å². The Balaban J connectivity index is 1.44. The third-order valence-electron chi connectivity index (χ3n) is 7.84. The van der Waals surface area contributed by atoms with Crippen molar-refractivity contribution in [2.75, 3.05) is 20.2 Å². The van der Waals surface area contributed by atoms with Crippen LogP contribution in [0.15, 0.2) is 42.5 Å². The summed E-state index contributed by atoms with van der Waals surface area (Å²) in [5.41, 5.74) is 1.75. The third-order valence-corrected chi connectivity index (χ3v) is 7.84. The number of nitrogens with zero attached hydrogens (tertiary/aromatic N) is 1. The molecule has 3 aliphatic rings. The van der Waals surface area contributed by atoms with E-state index in [0.29, 0.717) is 18.6 Å². The lowest BCUT2D eigenvalue weighted by atomic mass is 9.76. The molecular formula is C28H35F2NO2. The van der Waals surface area contributed by atoms with Crippen LogP contribution >= 0.6 is 0 Å². The van der Waals surface area contributed by atoms with Crippen molar-refractivity contribution in [1.82, 2.24) is 4.90 Å². The van der Waals surface area contributed by atoms with Gasteiger partial charge in [-0.25, -0.2) is 8.78 Å². The molecule has 0 unspecified atom stereocenters. The van der Waals surface area contributed by atoms with Gasteiger partial charge in [0.25, 0.3) is 0 Å². The number of hydrogen-bond acceptors (Lipinski definition) is 3. The van der Waals surface area contributed by atoms with Gasteiger partial charge in [-0.15, -0.1) is 0 Å². The molecule has 178 valence electrons. The molecule has 1 heterocycles. The first-order chi connectivity index (χ1) is 15.8. The van der Waals surface area contributed by atoms with Gasteiger partial charge in [-0.1, -0.05) is 12.1 Å².